The predicted molar refractivity (Wildman–Crippen MR) is 122 cm³/mol. The molecule has 4 rings (SSSR count). The topological polar surface area (TPSA) is 75.2 Å². The molecule has 2 amide bonds. The van der Waals surface area contributed by atoms with E-state index in [2.05, 4.69) is 15.5 Å². The van der Waals surface area contributed by atoms with Crippen molar-refractivity contribution >= 4 is 45.7 Å². The van der Waals surface area contributed by atoms with Crippen LogP contribution in [-0.2, 0) is 15.3 Å². The summed E-state index contributed by atoms with van der Waals surface area (Å²) in [5.74, 6) is 1.13. The highest BCUT2D eigenvalue weighted by Crippen LogP contribution is 2.34. The Bertz CT molecular complexity index is 1020. The number of nitrogens with one attached hydrogen (secondary N) is 1. The molecule has 0 unspecified atom stereocenters. The van der Waals surface area contributed by atoms with Gasteiger partial charge in [0.1, 0.15) is 5.01 Å². The Morgan fingerprint density at radius 3 is 2.70 bits per heavy atom. The van der Waals surface area contributed by atoms with Crippen molar-refractivity contribution in [2.75, 3.05) is 22.5 Å². The minimum atomic E-state index is -0.0950. The van der Waals surface area contributed by atoms with Gasteiger partial charge in [-0.05, 0) is 24.6 Å². The average Bonchev–Trinajstić information content (AvgIpc) is 3.36. The van der Waals surface area contributed by atoms with Crippen molar-refractivity contribution in [2.24, 2.45) is 0 Å². The first-order valence-corrected chi connectivity index (χ1v) is 11.7. The van der Waals surface area contributed by atoms with E-state index in [4.69, 9.17) is 0 Å². The van der Waals surface area contributed by atoms with Gasteiger partial charge >= 0.3 is 0 Å². The maximum atomic E-state index is 12.5. The Labute approximate surface area is 183 Å². The van der Waals surface area contributed by atoms with E-state index in [-0.39, 0.29) is 17.7 Å². The van der Waals surface area contributed by atoms with E-state index in [0.29, 0.717) is 23.8 Å². The van der Waals surface area contributed by atoms with Gasteiger partial charge in [-0.15, -0.1) is 22.0 Å². The van der Waals surface area contributed by atoms with Gasteiger partial charge in [0.2, 0.25) is 16.9 Å². The third-order valence-electron chi connectivity index (χ3n) is 4.85. The first-order chi connectivity index (χ1) is 14.6. The van der Waals surface area contributed by atoms with Crippen LogP contribution in [0.2, 0.25) is 0 Å². The molecular formula is C22H22N4O2S2. The Balaban J connectivity index is 1.30. The zero-order valence-corrected chi connectivity index (χ0v) is 18.2. The molecule has 0 bridgehead atoms. The largest absolute Gasteiger partial charge is 0.312 e. The van der Waals surface area contributed by atoms with E-state index in [1.54, 1.807) is 16.7 Å². The van der Waals surface area contributed by atoms with Crippen LogP contribution in [-0.4, -0.2) is 34.3 Å². The lowest BCUT2D eigenvalue weighted by Crippen LogP contribution is -2.24. The van der Waals surface area contributed by atoms with Gasteiger partial charge in [-0.25, -0.2) is 0 Å². The summed E-state index contributed by atoms with van der Waals surface area (Å²) in [6.45, 7) is 2.60. The summed E-state index contributed by atoms with van der Waals surface area (Å²) >= 11 is 2.91. The van der Waals surface area contributed by atoms with Crippen LogP contribution >= 0.6 is 23.1 Å². The fourth-order valence-electron chi connectivity index (χ4n) is 3.29. The van der Waals surface area contributed by atoms with Gasteiger partial charge in [0.15, 0.2) is 0 Å². The molecule has 1 aliphatic rings. The number of amides is 2. The van der Waals surface area contributed by atoms with Crippen LogP contribution < -0.4 is 10.2 Å². The van der Waals surface area contributed by atoms with Crippen molar-refractivity contribution in [3.05, 3.63) is 70.7 Å². The SMILES string of the molecule is Cc1ccc(N2C[C@@H](c3nnc(NC(=O)CSCc4ccccc4)s3)CC2=O)cc1. The number of aromatic nitrogens is 2. The quantitative estimate of drug-likeness (QED) is 0.597. The Hall–Kier alpha value is -2.71. The first-order valence-electron chi connectivity index (χ1n) is 9.70. The number of anilines is 2. The Kier molecular flexibility index (Phi) is 6.44. The van der Waals surface area contributed by atoms with Gasteiger partial charge in [0.05, 0.1) is 5.75 Å². The Morgan fingerprint density at radius 1 is 1.17 bits per heavy atom. The van der Waals surface area contributed by atoms with E-state index < -0.39 is 0 Å². The van der Waals surface area contributed by atoms with Gasteiger partial charge in [-0.2, -0.15) is 0 Å². The smallest absolute Gasteiger partial charge is 0.236 e. The number of thioether (sulfide) groups is 1. The van der Waals surface area contributed by atoms with Crippen LogP contribution in [0.25, 0.3) is 0 Å². The highest BCUT2D eigenvalue weighted by Gasteiger charge is 2.33. The van der Waals surface area contributed by atoms with Gasteiger partial charge in [0.25, 0.3) is 0 Å². The van der Waals surface area contributed by atoms with Crippen molar-refractivity contribution in [3.63, 3.8) is 0 Å². The summed E-state index contributed by atoms with van der Waals surface area (Å²) in [5.41, 5.74) is 3.26. The number of hydrogen-bond acceptors (Lipinski definition) is 6. The summed E-state index contributed by atoms with van der Waals surface area (Å²) in [4.78, 5) is 26.5. The number of rotatable bonds is 7. The van der Waals surface area contributed by atoms with Crippen LogP contribution in [0.4, 0.5) is 10.8 Å². The van der Waals surface area contributed by atoms with Gasteiger partial charge in [-0.3, -0.25) is 14.9 Å². The van der Waals surface area contributed by atoms with E-state index >= 15 is 0 Å². The maximum Gasteiger partial charge on any atom is 0.236 e. The van der Waals surface area contributed by atoms with Crippen molar-refractivity contribution in [1.29, 1.82) is 0 Å². The first kappa shape index (κ1) is 20.6. The van der Waals surface area contributed by atoms with Crippen molar-refractivity contribution in [2.45, 2.75) is 25.0 Å². The summed E-state index contributed by atoms with van der Waals surface area (Å²) < 4.78 is 0. The molecule has 154 valence electrons. The van der Waals surface area contributed by atoms with E-state index in [1.165, 1.54) is 16.9 Å². The minimum absolute atomic E-state index is 0.00518. The molecule has 1 fully saturated rings. The van der Waals surface area contributed by atoms with Crippen LogP contribution in [0, 0.1) is 6.92 Å². The number of aryl methyl sites for hydroxylation is 1. The fourth-order valence-corrected chi connectivity index (χ4v) is 4.93. The normalized spacial score (nSPS) is 16.1. The summed E-state index contributed by atoms with van der Waals surface area (Å²) in [5, 5.41) is 12.4. The molecule has 1 aliphatic heterocycles. The molecule has 2 heterocycles. The zero-order chi connectivity index (χ0) is 20.9. The highest BCUT2D eigenvalue weighted by molar-refractivity contribution is 7.99. The molecule has 2 aromatic carbocycles. The van der Waals surface area contributed by atoms with Crippen LogP contribution in [0.1, 0.15) is 28.5 Å². The third-order valence-corrected chi connectivity index (χ3v) is 6.86. The van der Waals surface area contributed by atoms with E-state index in [0.717, 1.165) is 22.0 Å². The van der Waals surface area contributed by atoms with Crippen molar-refractivity contribution in [1.82, 2.24) is 10.2 Å². The molecule has 8 heteroatoms. The predicted octanol–water partition coefficient (Wildman–Crippen LogP) is 4.24. The molecule has 0 spiro atoms. The molecule has 30 heavy (non-hydrogen) atoms. The number of hydrogen-bond donors (Lipinski definition) is 1. The standard InChI is InChI=1S/C22H22N4O2S2/c1-15-7-9-18(10-8-15)26-12-17(11-20(26)28)21-24-25-22(30-21)23-19(27)14-29-13-16-5-3-2-4-6-16/h2-10,17H,11-14H2,1H3,(H,23,25,27)/t17-/m0/s1. The van der Waals surface area contributed by atoms with Gasteiger partial charge in [-0.1, -0.05) is 59.4 Å². The van der Waals surface area contributed by atoms with Crippen molar-refractivity contribution < 1.29 is 9.59 Å². The van der Waals surface area contributed by atoms with Gasteiger partial charge in [0, 0.05) is 30.3 Å². The summed E-state index contributed by atoms with van der Waals surface area (Å²) in [7, 11) is 0. The Morgan fingerprint density at radius 2 is 1.93 bits per heavy atom. The van der Waals surface area contributed by atoms with E-state index in [1.807, 2.05) is 61.5 Å². The minimum Gasteiger partial charge on any atom is -0.312 e. The second kappa shape index (κ2) is 9.40. The second-order valence-corrected chi connectivity index (χ2v) is 9.21. The fraction of sp³-hybridized carbons (Fsp3) is 0.273. The molecule has 3 aromatic rings. The lowest BCUT2D eigenvalue weighted by Gasteiger charge is -2.16. The molecule has 0 radical (unpaired) electrons. The molecule has 0 aliphatic carbocycles. The molecular weight excluding hydrogens is 416 g/mol. The summed E-state index contributed by atoms with van der Waals surface area (Å²) in [6.07, 6.45) is 0.406. The summed E-state index contributed by atoms with van der Waals surface area (Å²) in [6, 6.07) is 18.0. The third kappa shape index (κ3) is 5.06. The number of carbonyl (C=O) groups excluding carboxylic acids is 2. The number of nitrogens with zero attached hydrogens (tertiary/aromatic N) is 3. The molecule has 1 atom stereocenters. The number of carbonyl (C=O) groups is 2. The van der Waals surface area contributed by atoms with Crippen LogP contribution in [0.5, 0.6) is 0 Å². The lowest BCUT2D eigenvalue weighted by molar-refractivity contribution is -0.117. The molecule has 0 saturated carbocycles. The maximum absolute atomic E-state index is 12.5. The van der Waals surface area contributed by atoms with E-state index in [9.17, 15) is 9.59 Å². The lowest BCUT2D eigenvalue weighted by atomic mass is 10.1. The molecule has 1 aromatic heterocycles. The number of benzene rings is 2. The molecule has 6 nitrogen and oxygen atoms in total. The van der Waals surface area contributed by atoms with Gasteiger partial charge < -0.3 is 4.90 Å². The molecule has 1 saturated heterocycles. The monoisotopic (exact) mass is 438 g/mol. The molecule has 1 N–H and O–H groups in total. The van der Waals surface area contributed by atoms with Crippen LogP contribution in [0.3, 0.4) is 0 Å². The van der Waals surface area contributed by atoms with Crippen LogP contribution in [0.15, 0.2) is 54.6 Å². The second-order valence-electron chi connectivity index (χ2n) is 7.21. The average molecular weight is 439 g/mol. The zero-order valence-electron chi connectivity index (χ0n) is 16.6. The van der Waals surface area contributed by atoms with Crippen molar-refractivity contribution in [3.8, 4) is 0 Å². The highest BCUT2D eigenvalue weighted by atomic mass is 32.2.